The van der Waals surface area contributed by atoms with Crippen LogP contribution in [0.4, 0.5) is 69.8 Å². The van der Waals surface area contributed by atoms with Crippen molar-refractivity contribution in [2.45, 2.75) is 135 Å². The molecule has 7 saturated heterocycles. The molecule has 19 heterocycles. The Morgan fingerprint density at radius 3 is 1.05 bits per heavy atom. The van der Waals surface area contributed by atoms with E-state index in [1.807, 2.05) is 94.0 Å². The Labute approximate surface area is 666 Å². The van der Waals surface area contributed by atoms with Crippen molar-refractivity contribution >= 4 is 139 Å². The second-order valence-electron chi connectivity index (χ2n) is 29.7. The van der Waals surface area contributed by atoms with E-state index in [9.17, 15) is 0 Å². The highest BCUT2D eigenvalue weighted by atomic mass is 32.2. The Bertz CT molecular complexity index is 5380. The predicted octanol–water partition coefficient (Wildman–Crippen LogP) is 4.41. The Hall–Kier alpha value is -10.7. The number of hydrogen-bond donors (Lipinski definition) is 12. The van der Waals surface area contributed by atoms with Gasteiger partial charge in [-0.1, -0.05) is 36.9 Å². The maximum Gasteiger partial charge on any atom is 0.173 e. The van der Waals surface area contributed by atoms with E-state index in [0.717, 1.165) is 228 Å². The number of fused-ring (bicyclic) bond motifs is 8. The lowest BCUT2D eigenvalue weighted by molar-refractivity contribution is 0.576. The molecule has 7 aliphatic heterocycles. The van der Waals surface area contributed by atoms with Crippen molar-refractivity contribution in [3.63, 3.8) is 0 Å². The summed E-state index contributed by atoms with van der Waals surface area (Å²) in [6, 6.07) is 23.8. The summed E-state index contributed by atoms with van der Waals surface area (Å²) in [4.78, 5) is 45.6. The number of thioether (sulfide) groups is 2. The molecule has 13 aromatic rings. The average Bonchev–Trinajstić information content (AvgIpc) is 1.64. The van der Waals surface area contributed by atoms with Crippen molar-refractivity contribution in [3.05, 3.63) is 121 Å². The van der Waals surface area contributed by atoms with E-state index in [-0.39, 0.29) is 30.2 Å². The molecule has 23 N–H and O–H groups in total. The second kappa shape index (κ2) is 33.6. The highest BCUT2D eigenvalue weighted by molar-refractivity contribution is 7.99. The lowest BCUT2D eigenvalue weighted by atomic mass is 10.2. The fourth-order valence-corrected chi connectivity index (χ4v) is 17.2. The third-order valence-corrected chi connectivity index (χ3v) is 24.0. The SMILES string of the molecule is CCCSc1cnn2c(N)cc(N3CC[C@H](N)C3)nc12.CSc1cnn2c(N)cc(N3CC[C@H](N)C3)nc12.Cc1cnn2c(N)cc(N3CC[C@H](N)C3)nc12.Cc1cnn2c(N)cc(N3CC[C@H](N)C3)nc12.Cc1cnn2c(N)cc(N3C[C@@H]4C[C@H]3CN4)nc12.Nc1cc(N2CC[C@H](N)C2)nc2c(Sc3ccccc3)cnn12. The van der Waals surface area contributed by atoms with E-state index in [1.165, 1.54) is 6.42 Å². The van der Waals surface area contributed by atoms with Crippen LogP contribution in [0.3, 0.4) is 0 Å². The molecule has 7 fully saturated rings. The molecule has 0 amide bonds. The van der Waals surface area contributed by atoms with Gasteiger partial charge in [-0.2, -0.15) is 57.7 Å². The van der Waals surface area contributed by atoms with Gasteiger partial charge in [0.2, 0.25) is 0 Å². The average molecular weight is 1590 g/mol. The van der Waals surface area contributed by atoms with E-state index >= 15 is 0 Å². The van der Waals surface area contributed by atoms with Crippen LogP contribution >= 0.6 is 35.3 Å². The predicted molar refractivity (Wildman–Crippen MR) is 454 cm³/mol. The summed E-state index contributed by atoms with van der Waals surface area (Å²) < 4.78 is 10.1. The van der Waals surface area contributed by atoms with Crippen LogP contribution in [-0.2, 0) is 0 Å². The quantitative estimate of drug-likeness (QED) is 0.0754. The van der Waals surface area contributed by atoms with Crippen molar-refractivity contribution in [1.82, 2.24) is 92.9 Å². The highest BCUT2D eigenvalue weighted by Crippen LogP contribution is 2.36. The van der Waals surface area contributed by atoms with Gasteiger partial charge in [0.15, 0.2) is 33.9 Å². The van der Waals surface area contributed by atoms with Gasteiger partial charge in [-0.25, -0.2) is 29.9 Å². The van der Waals surface area contributed by atoms with Gasteiger partial charge in [0, 0.05) is 179 Å². The Kier molecular flexibility index (Phi) is 23.1. The number of aromatic nitrogens is 18. The molecule has 0 spiro atoms. The third-order valence-electron chi connectivity index (χ3n) is 21.1. The third kappa shape index (κ3) is 16.9. The standard InChI is InChI=1S/C16H18N6S.C13H20N6S.C12H16N6.C11H16N6S.2C11H16N6/c17-11-6-7-21(10-11)15-8-14(18)22-16(20-15)13(9-19-22)23-12-4-2-1-3-5-12;1-2-5-20-10-7-16-19-11(15)6-12(17-13(10)19)18-4-3-9(14)8-18;1-7-4-15-18-10(13)3-11(16-12(7)18)17-6-8-2-9(17)5-14-8;1-18-8-5-14-17-9(13)4-10(15-11(8)17)16-3-2-7(12)6-16;2*1-7-5-14-17-9(13)4-10(15-11(7)17)16-3-2-8(12)6-16/h1-5,8-9,11H,6-7,10,17-18H2;6-7,9H,2-5,8,14-15H2,1H3;3-4,8-9,14H,2,5-6,13H2,1H3;4-5,7H,2-3,6,12-13H2,1H3;2*4-5,8H,2-3,6,12-13H2,1H3/t11-;9-;8-,9-;7-;2*8-/m000000/s1. The fraction of sp³-hybridized carbons (Fsp3) is 0.432. The van der Waals surface area contributed by atoms with Crippen molar-refractivity contribution < 1.29 is 0 Å². The molecule has 0 aliphatic carbocycles. The molecule has 36 nitrogen and oxygen atoms in total. The monoisotopic (exact) mass is 1590 g/mol. The van der Waals surface area contributed by atoms with E-state index in [0.29, 0.717) is 47.0 Å². The molecule has 12 aromatic heterocycles. The molecule has 113 heavy (non-hydrogen) atoms. The minimum Gasteiger partial charge on any atom is -0.383 e. The number of aryl methyl sites for hydroxylation is 3. The zero-order chi connectivity index (χ0) is 78.9. The minimum atomic E-state index is 0.206. The Balaban J connectivity index is 0.000000107. The van der Waals surface area contributed by atoms with E-state index in [2.05, 4.69) is 99.3 Å². The van der Waals surface area contributed by atoms with Gasteiger partial charge in [0.05, 0.1) is 51.9 Å². The smallest absolute Gasteiger partial charge is 0.173 e. The summed E-state index contributed by atoms with van der Waals surface area (Å²) in [5, 5.41) is 29.0. The number of anilines is 12. The van der Waals surface area contributed by atoms with Crippen LogP contribution in [0.2, 0.25) is 0 Å². The lowest BCUT2D eigenvalue weighted by Gasteiger charge is -2.28. The topological polar surface area (TPSA) is 499 Å². The van der Waals surface area contributed by atoms with Gasteiger partial charge >= 0.3 is 0 Å². The molecule has 0 saturated carbocycles. The first-order chi connectivity index (χ1) is 54.6. The van der Waals surface area contributed by atoms with Crippen LogP contribution in [0.5, 0.6) is 0 Å². The number of piperazine rings is 1. The summed E-state index contributed by atoms with van der Waals surface area (Å²) in [6.07, 6.45) is 20.2. The first-order valence-corrected chi connectivity index (χ1v) is 41.3. The Morgan fingerprint density at radius 1 is 0.398 bits per heavy atom. The first-order valence-electron chi connectivity index (χ1n) is 38.3. The van der Waals surface area contributed by atoms with Crippen LogP contribution in [0.25, 0.3) is 33.9 Å². The van der Waals surface area contributed by atoms with E-state index in [1.54, 1.807) is 87.2 Å². The van der Waals surface area contributed by atoms with E-state index in [4.69, 9.17) is 78.0 Å². The second-order valence-corrected chi connectivity index (χ2v) is 32.8. The molecule has 596 valence electrons. The zero-order valence-electron chi connectivity index (χ0n) is 64.3. The molecule has 2 bridgehead atoms. The molecular weight excluding hydrogens is 1490 g/mol. The lowest BCUT2D eigenvalue weighted by Crippen LogP contribution is -2.44. The molecule has 0 unspecified atom stereocenters. The molecule has 1 aromatic carbocycles. The molecular formula is C74H102N36S3. The number of nitrogens with one attached hydrogen (secondary N) is 1. The summed E-state index contributed by atoms with van der Waals surface area (Å²) >= 11 is 5.03. The van der Waals surface area contributed by atoms with Gasteiger partial charge < -0.3 is 97.8 Å². The van der Waals surface area contributed by atoms with Gasteiger partial charge in [0.25, 0.3) is 0 Å². The van der Waals surface area contributed by atoms with Crippen molar-refractivity contribution in [2.24, 2.45) is 28.7 Å². The first kappa shape index (κ1) is 77.7. The molecule has 7 atom stereocenters. The van der Waals surface area contributed by atoms with Gasteiger partial charge in [0.1, 0.15) is 69.8 Å². The number of nitrogen functional groups attached to an aromatic ring is 6. The molecule has 20 rings (SSSR count). The number of nitrogens with zero attached hydrogens (tertiary/aromatic N) is 24. The Morgan fingerprint density at radius 2 is 0.717 bits per heavy atom. The molecule has 7 aliphatic rings. The summed E-state index contributed by atoms with van der Waals surface area (Å²) in [5.74, 6) is 10.2. The van der Waals surface area contributed by atoms with Crippen LogP contribution < -0.4 is 97.8 Å². The van der Waals surface area contributed by atoms with Gasteiger partial charge in [-0.3, -0.25) is 0 Å². The van der Waals surface area contributed by atoms with E-state index < -0.39 is 0 Å². The molecule has 39 heteroatoms. The molecule has 0 radical (unpaired) electrons. The van der Waals surface area contributed by atoms with Gasteiger partial charge in [-0.05, 0) is 89.9 Å². The largest absolute Gasteiger partial charge is 0.383 e. The summed E-state index contributed by atoms with van der Waals surface area (Å²) in [5.41, 5.74) is 74.1. The van der Waals surface area contributed by atoms with Crippen LogP contribution in [0.15, 0.2) is 123 Å². The maximum atomic E-state index is 6.16. The summed E-state index contributed by atoms with van der Waals surface area (Å²) in [7, 11) is 0. The number of nitrogens with two attached hydrogens (primary N) is 11. The number of benzene rings is 1. The number of hydrogen-bond acceptors (Lipinski definition) is 33. The number of rotatable bonds is 12. The normalized spacial score (nSPS) is 20.5. The fourth-order valence-electron chi connectivity index (χ4n) is 15.0. The van der Waals surface area contributed by atoms with Crippen LogP contribution in [-0.4, -0.2) is 220 Å². The van der Waals surface area contributed by atoms with Crippen LogP contribution in [0, 0.1) is 20.8 Å². The van der Waals surface area contributed by atoms with Crippen molar-refractivity contribution in [3.8, 4) is 0 Å². The zero-order valence-corrected chi connectivity index (χ0v) is 66.8. The van der Waals surface area contributed by atoms with Crippen molar-refractivity contribution in [2.75, 3.05) is 154 Å². The van der Waals surface area contributed by atoms with Gasteiger partial charge in [-0.15, -0.1) is 23.5 Å². The minimum absolute atomic E-state index is 0.206. The highest BCUT2D eigenvalue weighted by Gasteiger charge is 2.39. The van der Waals surface area contributed by atoms with Crippen LogP contribution in [0.1, 0.15) is 68.6 Å². The van der Waals surface area contributed by atoms with Crippen molar-refractivity contribution in [1.29, 1.82) is 0 Å². The summed E-state index contributed by atoms with van der Waals surface area (Å²) in [6.45, 7) is 19.1. The maximum absolute atomic E-state index is 6.16.